The van der Waals surface area contributed by atoms with Crippen LogP contribution in [0.15, 0.2) is 48.5 Å². The predicted octanol–water partition coefficient (Wildman–Crippen LogP) is 3.04. The van der Waals surface area contributed by atoms with Crippen molar-refractivity contribution >= 4 is 18.0 Å². The van der Waals surface area contributed by atoms with Crippen LogP contribution < -0.4 is 10.6 Å². The van der Waals surface area contributed by atoms with E-state index in [0.717, 1.165) is 22.3 Å². The Hall–Kier alpha value is -3.39. The molecule has 0 aromatic heterocycles. The van der Waals surface area contributed by atoms with Gasteiger partial charge in [-0.05, 0) is 35.1 Å². The lowest BCUT2D eigenvalue weighted by molar-refractivity contribution is -0.143. The first-order valence-corrected chi connectivity index (χ1v) is 11.1. The number of carboxylic acid groups (broad SMARTS) is 1. The van der Waals surface area contributed by atoms with Crippen LogP contribution in [0.5, 0.6) is 0 Å². The van der Waals surface area contributed by atoms with Gasteiger partial charge in [-0.15, -0.1) is 0 Å². The maximum atomic E-state index is 12.9. The number of fused-ring (bicyclic) bond motifs is 3. The van der Waals surface area contributed by atoms with E-state index in [4.69, 9.17) is 9.84 Å². The molecule has 2 aromatic rings. The van der Waals surface area contributed by atoms with Crippen LogP contribution in [0.25, 0.3) is 11.1 Å². The van der Waals surface area contributed by atoms with Crippen molar-refractivity contribution in [2.45, 2.75) is 50.6 Å². The molecule has 1 aliphatic rings. The van der Waals surface area contributed by atoms with E-state index in [0.29, 0.717) is 0 Å². The van der Waals surface area contributed by atoms with Gasteiger partial charge in [0.2, 0.25) is 5.91 Å². The minimum Gasteiger partial charge on any atom is -0.480 e. The third kappa shape index (κ3) is 5.01. The molecule has 0 bridgehead atoms. The van der Waals surface area contributed by atoms with E-state index < -0.39 is 29.6 Å². The van der Waals surface area contributed by atoms with E-state index in [1.165, 1.54) is 0 Å². The molecule has 33 heavy (non-hydrogen) atoms. The first-order chi connectivity index (χ1) is 15.9. The number of aliphatic hydroxyl groups excluding tert-OH is 1. The molecular formula is C25H30N2O6. The molecule has 0 heterocycles. The van der Waals surface area contributed by atoms with Crippen molar-refractivity contribution in [3.63, 3.8) is 0 Å². The standard InChI is InChI=1S/C25H30N2O6/c1-3-25(4-2,23(31)26-21(13-14-28)22(29)30)27-24(32)33-15-20-18-11-7-5-9-16(18)17-10-6-8-12-19(17)20/h5-12,20-21,28H,3-4,13-15H2,1-2H3,(H,26,31)(H,27,32)(H,29,30). The molecule has 1 aliphatic carbocycles. The van der Waals surface area contributed by atoms with Gasteiger partial charge in [0.1, 0.15) is 18.2 Å². The molecule has 3 rings (SSSR count). The second-order valence-corrected chi connectivity index (χ2v) is 8.12. The third-order valence-corrected chi connectivity index (χ3v) is 6.35. The summed E-state index contributed by atoms with van der Waals surface area (Å²) in [6.45, 7) is 3.18. The molecule has 176 valence electrons. The second kappa shape index (κ2) is 10.5. The van der Waals surface area contributed by atoms with Gasteiger partial charge >= 0.3 is 12.1 Å². The van der Waals surface area contributed by atoms with Crippen molar-refractivity contribution in [1.29, 1.82) is 0 Å². The maximum absolute atomic E-state index is 12.9. The number of rotatable bonds is 10. The first kappa shape index (κ1) is 24.3. The van der Waals surface area contributed by atoms with Crippen LogP contribution in [-0.4, -0.2) is 53.0 Å². The zero-order valence-electron chi connectivity index (χ0n) is 18.8. The average Bonchev–Trinajstić information content (AvgIpc) is 3.14. The van der Waals surface area contributed by atoms with Gasteiger partial charge in [0.25, 0.3) is 0 Å². The van der Waals surface area contributed by atoms with Gasteiger partial charge in [0.15, 0.2) is 0 Å². The Labute approximate surface area is 193 Å². The van der Waals surface area contributed by atoms with E-state index >= 15 is 0 Å². The fraction of sp³-hybridized carbons (Fsp3) is 0.400. The number of nitrogens with one attached hydrogen (secondary N) is 2. The number of hydrogen-bond acceptors (Lipinski definition) is 5. The summed E-state index contributed by atoms with van der Waals surface area (Å²) in [4.78, 5) is 37.0. The molecule has 0 fully saturated rings. The van der Waals surface area contributed by atoms with Gasteiger partial charge in [-0.3, -0.25) is 4.79 Å². The highest BCUT2D eigenvalue weighted by atomic mass is 16.5. The fourth-order valence-electron chi connectivity index (χ4n) is 4.32. The van der Waals surface area contributed by atoms with Crippen LogP contribution >= 0.6 is 0 Å². The van der Waals surface area contributed by atoms with E-state index in [-0.39, 0.29) is 38.4 Å². The van der Waals surface area contributed by atoms with Crippen LogP contribution in [0, 0.1) is 0 Å². The SMILES string of the molecule is CCC(CC)(NC(=O)OCC1c2ccccc2-c2ccccc21)C(=O)NC(CCO)C(=O)O. The van der Waals surface area contributed by atoms with Crippen LogP contribution in [0.1, 0.15) is 50.2 Å². The van der Waals surface area contributed by atoms with Gasteiger partial charge < -0.3 is 25.6 Å². The highest BCUT2D eigenvalue weighted by Gasteiger charge is 2.39. The molecule has 0 radical (unpaired) electrons. The summed E-state index contributed by atoms with van der Waals surface area (Å²) in [5.41, 5.74) is 3.05. The molecule has 0 spiro atoms. The van der Waals surface area contributed by atoms with Crippen molar-refractivity contribution in [3.05, 3.63) is 59.7 Å². The number of carbonyl (C=O) groups excluding carboxylic acids is 2. The highest BCUT2D eigenvalue weighted by Crippen LogP contribution is 2.44. The Bertz CT molecular complexity index is 972. The Morgan fingerprint density at radius 3 is 2.03 bits per heavy atom. The van der Waals surface area contributed by atoms with Crippen molar-refractivity contribution in [2.24, 2.45) is 0 Å². The minimum atomic E-state index is -1.33. The van der Waals surface area contributed by atoms with Gasteiger partial charge in [-0.2, -0.15) is 0 Å². The molecule has 2 aromatic carbocycles. The predicted molar refractivity (Wildman–Crippen MR) is 123 cm³/mol. The van der Waals surface area contributed by atoms with Crippen molar-refractivity contribution < 1.29 is 29.3 Å². The van der Waals surface area contributed by atoms with Crippen molar-refractivity contribution in [2.75, 3.05) is 13.2 Å². The molecule has 1 unspecified atom stereocenters. The fourth-order valence-corrected chi connectivity index (χ4v) is 4.32. The summed E-state index contributed by atoms with van der Waals surface area (Å²) < 4.78 is 5.56. The van der Waals surface area contributed by atoms with E-state index in [2.05, 4.69) is 10.6 Å². The van der Waals surface area contributed by atoms with Crippen LogP contribution in [0.2, 0.25) is 0 Å². The molecule has 8 nitrogen and oxygen atoms in total. The molecule has 1 atom stereocenters. The largest absolute Gasteiger partial charge is 0.480 e. The molecule has 0 saturated heterocycles. The molecular weight excluding hydrogens is 424 g/mol. The number of aliphatic hydroxyl groups is 1. The van der Waals surface area contributed by atoms with Gasteiger partial charge in [-0.1, -0.05) is 62.4 Å². The Morgan fingerprint density at radius 2 is 1.55 bits per heavy atom. The summed E-state index contributed by atoms with van der Waals surface area (Å²) in [5, 5.41) is 23.4. The molecule has 0 aliphatic heterocycles. The number of carboxylic acids is 1. The van der Waals surface area contributed by atoms with E-state index in [1.54, 1.807) is 13.8 Å². The highest BCUT2D eigenvalue weighted by molar-refractivity contribution is 5.92. The molecule has 8 heteroatoms. The van der Waals surface area contributed by atoms with Crippen molar-refractivity contribution in [1.82, 2.24) is 10.6 Å². The van der Waals surface area contributed by atoms with Gasteiger partial charge in [0.05, 0.1) is 0 Å². The maximum Gasteiger partial charge on any atom is 0.408 e. The average molecular weight is 455 g/mol. The van der Waals surface area contributed by atoms with Crippen molar-refractivity contribution in [3.8, 4) is 11.1 Å². The summed E-state index contributed by atoms with van der Waals surface area (Å²) >= 11 is 0. The lowest BCUT2D eigenvalue weighted by atomic mass is 9.91. The van der Waals surface area contributed by atoms with Crippen LogP contribution in [-0.2, 0) is 14.3 Å². The summed E-state index contributed by atoms with van der Waals surface area (Å²) in [7, 11) is 0. The summed E-state index contributed by atoms with van der Waals surface area (Å²) in [6.07, 6.45) is -0.393. The van der Waals surface area contributed by atoms with Crippen LogP contribution in [0.4, 0.5) is 4.79 Å². The first-order valence-electron chi connectivity index (χ1n) is 11.1. The zero-order valence-corrected chi connectivity index (χ0v) is 18.8. The number of carbonyl (C=O) groups is 3. The van der Waals surface area contributed by atoms with E-state index in [1.807, 2.05) is 48.5 Å². The summed E-state index contributed by atoms with van der Waals surface area (Å²) in [5.74, 6) is -1.99. The number of ether oxygens (including phenoxy) is 1. The molecule has 2 amide bonds. The molecule has 4 N–H and O–H groups in total. The number of alkyl carbamates (subject to hydrolysis) is 1. The quantitative estimate of drug-likeness (QED) is 0.437. The Balaban J connectivity index is 1.71. The van der Waals surface area contributed by atoms with E-state index in [9.17, 15) is 19.5 Å². The van der Waals surface area contributed by atoms with Gasteiger partial charge in [-0.25, -0.2) is 9.59 Å². The number of aliphatic carboxylic acids is 1. The van der Waals surface area contributed by atoms with Gasteiger partial charge in [0, 0.05) is 18.9 Å². The number of benzene rings is 2. The van der Waals surface area contributed by atoms with Crippen LogP contribution in [0.3, 0.4) is 0 Å². The number of amides is 2. The Kier molecular flexibility index (Phi) is 7.71. The lowest BCUT2D eigenvalue weighted by Crippen LogP contribution is -2.60. The second-order valence-electron chi connectivity index (χ2n) is 8.12. The number of hydrogen-bond donors (Lipinski definition) is 4. The zero-order chi connectivity index (χ0) is 24.0. The third-order valence-electron chi connectivity index (χ3n) is 6.35. The topological polar surface area (TPSA) is 125 Å². The lowest BCUT2D eigenvalue weighted by Gasteiger charge is -2.32. The smallest absolute Gasteiger partial charge is 0.408 e. The normalized spacial score (nSPS) is 13.5. The minimum absolute atomic E-state index is 0.104. The monoisotopic (exact) mass is 454 g/mol. The Morgan fingerprint density at radius 1 is 1.00 bits per heavy atom. The summed E-state index contributed by atoms with van der Waals surface area (Å²) in [6, 6.07) is 14.7. The molecule has 0 saturated carbocycles.